The van der Waals surface area contributed by atoms with Crippen LogP contribution in [0.25, 0.3) is 4.98 Å². The maximum atomic E-state index is 10.5. The summed E-state index contributed by atoms with van der Waals surface area (Å²) in [6.07, 6.45) is 0. The van der Waals surface area contributed by atoms with Crippen LogP contribution in [-0.2, 0) is 20.2 Å². The van der Waals surface area contributed by atoms with Crippen molar-refractivity contribution in [3.63, 3.8) is 0 Å². The smallest absolute Gasteiger partial charge is 1.00 e. The van der Waals surface area contributed by atoms with Gasteiger partial charge in [0.05, 0.1) is 11.0 Å². The number of nitrogens with zero attached hydrogens (tertiary/aromatic N) is 3. The molecule has 2 aromatic rings. The fourth-order valence-corrected chi connectivity index (χ4v) is 2.44. The van der Waals surface area contributed by atoms with E-state index >= 15 is 0 Å². The Balaban J connectivity index is -0.000000110. The van der Waals surface area contributed by atoms with Crippen molar-refractivity contribution in [1.29, 1.82) is 5.39 Å². The van der Waals surface area contributed by atoms with E-state index in [-0.39, 0.29) is 99.4 Å². The molecular weight excluding hydrogens is 509 g/mol. The van der Waals surface area contributed by atoms with Crippen molar-refractivity contribution in [2.45, 2.75) is 9.79 Å². The number of hydrogen-bond donors (Lipinski definition) is 3. The minimum Gasteiger partial charge on any atom is -1.00 e. The van der Waals surface area contributed by atoms with Gasteiger partial charge in [-0.25, -0.2) is 0 Å². The zero-order valence-electron chi connectivity index (χ0n) is 15.5. The summed E-state index contributed by atoms with van der Waals surface area (Å²) in [5, 5.41) is 17.3. The molecule has 0 aliphatic carbocycles. The molecule has 0 spiro atoms. The van der Waals surface area contributed by atoms with E-state index in [2.05, 4.69) is 4.98 Å². The van der Waals surface area contributed by atoms with Crippen molar-refractivity contribution in [3.05, 3.63) is 63.6 Å². The Kier molecular flexibility index (Phi) is 25.5. The van der Waals surface area contributed by atoms with Crippen LogP contribution in [0.4, 0.5) is 11.4 Å². The quantitative estimate of drug-likeness (QED) is 0.0847. The van der Waals surface area contributed by atoms with Gasteiger partial charge in [-0.05, 0) is 24.3 Å². The first kappa shape index (κ1) is 39.9. The van der Waals surface area contributed by atoms with Crippen molar-refractivity contribution in [2.75, 3.05) is 5.73 Å². The van der Waals surface area contributed by atoms with Gasteiger partial charge in [0.2, 0.25) is 5.39 Å². The summed E-state index contributed by atoms with van der Waals surface area (Å²) in [4.78, 5) is 10.3. The van der Waals surface area contributed by atoms with E-state index in [1.165, 1.54) is 42.5 Å². The predicted octanol–water partition coefficient (Wildman–Crippen LogP) is -6.38. The number of diazo groups is 1. The van der Waals surface area contributed by atoms with Gasteiger partial charge in [-0.15, -0.1) is 17.7 Å². The van der Waals surface area contributed by atoms with Crippen LogP contribution in [0.1, 0.15) is 0 Å². The average Bonchev–Trinajstić information content (AvgIpc) is 2.55. The fourth-order valence-electron chi connectivity index (χ4n) is 1.38. The molecule has 0 aliphatic rings. The standard InChI is InChI=1S/C6H4N2O3S.C6H7NO3S.2ClH.HNO2.2Na/c7-8-5-2-1-3-6(4-5)12(9,10)11;7-5-2-1-3-6(4-5)11(8,9)10;;;2-1-3;;/h1-4H;1-4H,7H2,(H,8,9,10);2*1H;(H,2,3);;/q;;;;;2*+1/p-1. The first-order valence-electron chi connectivity index (χ1n) is 6.16. The van der Waals surface area contributed by atoms with Gasteiger partial charge in [-0.3, -0.25) is 9.11 Å². The van der Waals surface area contributed by atoms with Gasteiger partial charge in [-0.2, -0.15) is 16.8 Å². The van der Waals surface area contributed by atoms with Crippen LogP contribution in [0.3, 0.4) is 0 Å². The van der Waals surface area contributed by atoms with Gasteiger partial charge in [0.15, 0.2) is 4.98 Å². The summed E-state index contributed by atoms with van der Waals surface area (Å²) in [6.45, 7) is 0. The molecule has 156 valence electrons. The number of benzene rings is 2. The van der Waals surface area contributed by atoms with E-state index in [9.17, 15) is 16.8 Å². The summed E-state index contributed by atoms with van der Waals surface area (Å²) in [5.74, 6) is 0. The van der Waals surface area contributed by atoms with Crippen LogP contribution in [0.15, 0.2) is 63.7 Å². The number of anilines is 1. The molecule has 0 amide bonds. The number of halogens is 2. The molecule has 2 aromatic carbocycles. The number of rotatable bonds is 2. The minimum absolute atomic E-state index is 0. The second kappa shape index (κ2) is 19.2. The third kappa shape index (κ3) is 17.2. The third-order valence-corrected chi connectivity index (χ3v) is 4.09. The first-order valence-corrected chi connectivity index (χ1v) is 9.04. The molecule has 30 heavy (non-hydrogen) atoms. The van der Waals surface area contributed by atoms with Gasteiger partial charge < -0.3 is 28.3 Å². The van der Waals surface area contributed by atoms with E-state index < -0.39 is 20.2 Å². The molecule has 4 N–H and O–H groups in total. The number of hydrogen-bond acceptors (Lipinski definition) is 9. The second-order valence-corrected chi connectivity index (χ2v) is 7.04. The molecule has 0 bridgehead atoms. The molecule has 12 nitrogen and oxygen atoms in total. The Morgan fingerprint density at radius 3 is 1.60 bits per heavy atom. The summed E-state index contributed by atoms with van der Waals surface area (Å²) in [5.41, 5.74) is 5.66. The Morgan fingerprint density at radius 2 is 1.30 bits per heavy atom. The molecule has 0 atom stereocenters. The molecule has 0 unspecified atom stereocenters. The number of nitrogen functional groups attached to an aromatic ring is 1. The normalized spacial score (nSPS) is 8.83. The van der Waals surface area contributed by atoms with E-state index in [1.807, 2.05) is 0 Å². The maximum absolute atomic E-state index is 10.5. The first-order chi connectivity index (χ1) is 12.0. The monoisotopic (exact) mass is 521 g/mol. The van der Waals surface area contributed by atoms with Gasteiger partial charge in [0, 0.05) is 11.8 Å². The summed E-state index contributed by atoms with van der Waals surface area (Å²) in [6, 6.07) is 10.5. The zero-order valence-corrected chi connectivity index (χ0v) is 22.7. The molecule has 0 radical (unpaired) electrons. The van der Waals surface area contributed by atoms with E-state index in [0.717, 1.165) is 11.4 Å². The molecule has 0 saturated carbocycles. The Bertz CT molecular complexity index is 1020. The minimum atomic E-state index is -4.21. The van der Waals surface area contributed by atoms with Crippen LogP contribution in [-0.4, -0.2) is 25.9 Å². The Hall–Kier alpha value is -0.540. The molecule has 0 heterocycles. The third-order valence-electron chi connectivity index (χ3n) is 2.39. The molecule has 0 saturated heterocycles. The van der Waals surface area contributed by atoms with E-state index in [4.69, 9.17) is 30.3 Å². The molecule has 0 fully saturated rings. The summed E-state index contributed by atoms with van der Waals surface area (Å²) < 4.78 is 59.1. The molecule has 0 aliphatic heterocycles. The van der Waals surface area contributed by atoms with Gasteiger partial charge in [0.25, 0.3) is 20.2 Å². The SMILES string of the molecule is Cl.N#[N+]c1cccc(S(=O)(=O)O)c1.Nc1cccc(S(=O)(=O)O)c1.O=N[O-].[Cl-].[Na+].[Na+]. The second-order valence-electron chi connectivity index (χ2n) is 4.19. The Labute approximate surface area is 229 Å². The molecule has 0 aromatic heterocycles. The number of nitrogens with two attached hydrogens (primary N) is 1. The van der Waals surface area contributed by atoms with Crippen LogP contribution in [0.5, 0.6) is 0 Å². The Morgan fingerprint density at radius 1 is 0.933 bits per heavy atom. The zero-order chi connectivity index (χ0) is 20.4. The van der Waals surface area contributed by atoms with Crippen molar-refractivity contribution >= 4 is 44.0 Å². The van der Waals surface area contributed by atoms with Crippen molar-refractivity contribution < 1.29 is 97.5 Å². The van der Waals surface area contributed by atoms with Gasteiger partial charge >= 0.3 is 64.8 Å². The molecule has 2 rings (SSSR count). The fraction of sp³-hybridized carbons (Fsp3) is 0. The maximum Gasteiger partial charge on any atom is 1.00 e. The van der Waals surface area contributed by atoms with Crippen molar-refractivity contribution in [2.24, 2.45) is 5.34 Å². The van der Waals surface area contributed by atoms with Crippen LogP contribution < -0.4 is 77.3 Å². The van der Waals surface area contributed by atoms with Crippen LogP contribution in [0.2, 0.25) is 0 Å². The predicted molar refractivity (Wildman–Crippen MR) is 98.1 cm³/mol. The molecule has 18 heteroatoms. The molecular formula is C12H13Cl2N4Na2O8S2+. The van der Waals surface area contributed by atoms with Crippen molar-refractivity contribution in [3.8, 4) is 0 Å². The van der Waals surface area contributed by atoms with Gasteiger partial charge in [0.1, 0.15) is 4.90 Å². The van der Waals surface area contributed by atoms with E-state index in [0.29, 0.717) is 5.69 Å². The summed E-state index contributed by atoms with van der Waals surface area (Å²) >= 11 is 0. The average molecular weight is 522 g/mol. The van der Waals surface area contributed by atoms with Gasteiger partial charge in [-0.1, -0.05) is 12.1 Å². The summed E-state index contributed by atoms with van der Waals surface area (Å²) in [7, 11) is -8.31. The van der Waals surface area contributed by atoms with Crippen LogP contribution in [0, 0.1) is 15.5 Å². The largest absolute Gasteiger partial charge is 1.00 e. The van der Waals surface area contributed by atoms with E-state index in [1.54, 1.807) is 0 Å². The van der Waals surface area contributed by atoms with Crippen LogP contribution >= 0.6 is 12.4 Å². The topological polar surface area (TPSA) is 215 Å². The van der Waals surface area contributed by atoms with Crippen molar-refractivity contribution in [1.82, 2.24) is 0 Å².